The average molecular weight is 462 g/mol. The Morgan fingerprint density at radius 3 is 1.65 bits per heavy atom. The zero-order valence-electron chi connectivity index (χ0n) is 17.7. The van der Waals surface area contributed by atoms with Gasteiger partial charge in [-0.1, -0.05) is 0 Å². The number of anilines is 1. The summed E-state index contributed by atoms with van der Waals surface area (Å²) in [5.74, 6) is 0. The van der Waals surface area contributed by atoms with E-state index >= 15 is 0 Å². The molecule has 1 aromatic rings. The van der Waals surface area contributed by atoms with Gasteiger partial charge in [-0.3, -0.25) is 0 Å². The van der Waals surface area contributed by atoms with Crippen LogP contribution in [0.25, 0.3) is 0 Å². The number of hydrogen-bond donors (Lipinski definition) is 0. The molecular weight excluding hydrogens is 421 g/mol. The van der Waals surface area contributed by atoms with Crippen LogP contribution in [0, 0.1) is 0 Å². The van der Waals surface area contributed by atoms with Crippen molar-refractivity contribution in [3.05, 3.63) is 23.3 Å². The van der Waals surface area contributed by atoms with E-state index in [0.29, 0.717) is 0 Å². The van der Waals surface area contributed by atoms with Crippen molar-refractivity contribution in [3.63, 3.8) is 0 Å². The SMILES string of the molecule is CCC[CH2][Sn]([CH2]CCC)([CH2]CCC)[c]1cc2c3c(c1)CCCN3CCC2. The summed E-state index contributed by atoms with van der Waals surface area (Å²) in [6.07, 6.45) is 14.0. The van der Waals surface area contributed by atoms with Gasteiger partial charge in [-0.05, 0) is 0 Å². The summed E-state index contributed by atoms with van der Waals surface area (Å²) in [5.41, 5.74) is 5.14. The fourth-order valence-corrected chi connectivity index (χ4v) is 21.6. The molecule has 0 spiro atoms. The molecule has 2 heteroatoms. The van der Waals surface area contributed by atoms with Crippen molar-refractivity contribution in [3.8, 4) is 0 Å². The van der Waals surface area contributed by atoms with Crippen molar-refractivity contribution in [2.24, 2.45) is 0 Å². The molecule has 0 bridgehead atoms. The Kier molecular flexibility index (Phi) is 7.78. The van der Waals surface area contributed by atoms with E-state index in [1.165, 1.54) is 77.3 Å². The van der Waals surface area contributed by atoms with Crippen LogP contribution < -0.4 is 8.48 Å². The molecule has 0 unspecified atom stereocenters. The summed E-state index contributed by atoms with van der Waals surface area (Å²) < 4.78 is 6.74. The topological polar surface area (TPSA) is 3.24 Å². The molecule has 1 aromatic carbocycles. The van der Waals surface area contributed by atoms with Gasteiger partial charge in [-0.2, -0.15) is 0 Å². The number of unbranched alkanes of at least 4 members (excludes halogenated alkanes) is 3. The summed E-state index contributed by atoms with van der Waals surface area (Å²) in [6.45, 7) is 9.78. The second kappa shape index (κ2) is 9.84. The molecule has 0 aliphatic carbocycles. The van der Waals surface area contributed by atoms with Gasteiger partial charge < -0.3 is 0 Å². The molecule has 2 heterocycles. The normalized spacial score (nSPS) is 16.7. The number of hydrogen-bond acceptors (Lipinski definition) is 1. The molecule has 0 atom stereocenters. The second-order valence-electron chi connectivity index (χ2n) is 8.93. The quantitative estimate of drug-likeness (QED) is 0.362. The minimum atomic E-state index is -2.28. The Hall–Kier alpha value is -0.181. The maximum absolute atomic E-state index is 2.76. The molecule has 0 saturated carbocycles. The first-order valence-corrected chi connectivity index (χ1v) is 19.1. The van der Waals surface area contributed by atoms with Crippen LogP contribution >= 0.6 is 0 Å². The van der Waals surface area contributed by atoms with Gasteiger partial charge in [-0.15, -0.1) is 0 Å². The Balaban J connectivity index is 2.01. The van der Waals surface area contributed by atoms with E-state index in [-0.39, 0.29) is 0 Å². The fraction of sp³-hybridized carbons (Fsp3) is 0.750. The van der Waals surface area contributed by atoms with Crippen LogP contribution in [0.3, 0.4) is 0 Å². The molecule has 146 valence electrons. The third-order valence-corrected chi connectivity index (χ3v) is 22.5. The van der Waals surface area contributed by atoms with Gasteiger partial charge in [0.25, 0.3) is 0 Å². The average Bonchev–Trinajstić information content (AvgIpc) is 2.68. The Bertz CT molecular complexity index is 527. The number of benzene rings is 1. The first-order valence-electron chi connectivity index (χ1n) is 11.6. The van der Waals surface area contributed by atoms with Crippen molar-refractivity contribution in [1.29, 1.82) is 0 Å². The molecular formula is C24H41NSn. The van der Waals surface area contributed by atoms with E-state index in [9.17, 15) is 0 Å². The van der Waals surface area contributed by atoms with Crippen molar-refractivity contribution >= 4 is 27.6 Å². The van der Waals surface area contributed by atoms with Crippen molar-refractivity contribution in [2.45, 2.75) is 98.3 Å². The van der Waals surface area contributed by atoms with E-state index in [2.05, 4.69) is 37.8 Å². The van der Waals surface area contributed by atoms with Crippen LogP contribution in [0.2, 0.25) is 13.3 Å². The second-order valence-corrected chi connectivity index (χ2v) is 22.2. The first-order chi connectivity index (χ1) is 12.7. The van der Waals surface area contributed by atoms with Gasteiger partial charge in [-0.25, -0.2) is 0 Å². The van der Waals surface area contributed by atoms with Gasteiger partial charge in [0.2, 0.25) is 0 Å². The number of aryl methyl sites for hydroxylation is 2. The van der Waals surface area contributed by atoms with E-state index in [1.807, 2.05) is 3.58 Å². The van der Waals surface area contributed by atoms with E-state index in [4.69, 9.17) is 0 Å². The molecule has 0 radical (unpaired) electrons. The molecule has 0 fully saturated rings. The monoisotopic (exact) mass is 463 g/mol. The van der Waals surface area contributed by atoms with Crippen molar-refractivity contribution in [2.75, 3.05) is 18.0 Å². The zero-order valence-corrected chi connectivity index (χ0v) is 20.6. The van der Waals surface area contributed by atoms with E-state index < -0.39 is 18.4 Å². The molecule has 1 nitrogen and oxygen atoms in total. The summed E-state index contributed by atoms with van der Waals surface area (Å²) in [7, 11) is 0. The van der Waals surface area contributed by atoms with Gasteiger partial charge in [0, 0.05) is 0 Å². The summed E-state index contributed by atoms with van der Waals surface area (Å²) in [6, 6.07) is 5.51. The molecule has 0 amide bonds. The van der Waals surface area contributed by atoms with Gasteiger partial charge >= 0.3 is 167 Å². The Labute approximate surface area is 166 Å². The third-order valence-electron chi connectivity index (χ3n) is 6.97. The predicted molar refractivity (Wildman–Crippen MR) is 120 cm³/mol. The van der Waals surface area contributed by atoms with Crippen molar-refractivity contribution in [1.82, 2.24) is 0 Å². The van der Waals surface area contributed by atoms with Crippen LogP contribution in [0.15, 0.2) is 12.1 Å². The Morgan fingerprint density at radius 2 is 1.23 bits per heavy atom. The molecule has 2 aliphatic heterocycles. The minimum absolute atomic E-state index is 1.30. The van der Waals surface area contributed by atoms with E-state index in [1.54, 1.807) is 30.1 Å². The molecule has 26 heavy (non-hydrogen) atoms. The standard InChI is InChI=1S/C12H14N.3C4H9.Sn/c1-4-10-6-2-8-13-9-3-7-11(5-1)12(10)13;3*1-3-4-2;/h4-5H,2-3,6-9H2;3*1,3-4H2,2H3;. The summed E-state index contributed by atoms with van der Waals surface area (Å²) in [4.78, 5) is 2.71. The van der Waals surface area contributed by atoms with Gasteiger partial charge in [0.1, 0.15) is 0 Å². The van der Waals surface area contributed by atoms with Crippen LogP contribution in [0.1, 0.15) is 83.3 Å². The number of nitrogens with zero attached hydrogens (tertiary/aromatic N) is 1. The summed E-state index contributed by atoms with van der Waals surface area (Å²) in [5, 5.41) is 0. The summed E-state index contributed by atoms with van der Waals surface area (Å²) >= 11 is -2.28. The molecule has 0 saturated heterocycles. The van der Waals surface area contributed by atoms with Crippen LogP contribution in [-0.4, -0.2) is 31.5 Å². The van der Waals surface area contributed by atoms with Gasteiger partial charge in [0.05, 0.1) is 0 Å². The van der Waals surface area contributed by atoms with Crippen LogP contribution in [0.5, 0.6) is 0 Å². The molecule has 0 N–H and O–H groups in total. The van der Waals surface area contributed by atoms with Crippen LogP contribution in [-0.2, 0) is 12.8 Å². The molecule has 0 aromatic heterocycles. The first kappa shape index (κ1) is 20.6. The predicted octanol–water partition coefficient (Wildman–Crippen LogP) is 6.44. The Morgan fingerprint density at radius 1 is 0.769 bits per heavy atom. The fourth-order valence-electron chi connectivity index (χ4n) is 5.46. The van der Waals surface area contributed by atoms with Crippen molar-refractivity contribution < 1.29 is 0 Å². The zero-order chi connectivity index (χ0) is 18.4. The van der Waals surface area contributed by atoms with Gasteiger partial charge in [0.15, 0.2) is 0 Å². The van der Waals surface area contributed by atoms with E-state index in [0.717, 1.165) is 0 Å². The molecule has 3 rings (SSSR count). The maximum atomic E-state index is 2.76. The molecule has 2 aliphatic rings. The third kappa shape index (κ3) is 4.45. The van der Waals surface area contributed by atoms with Crippen LogP contribution in [0.4, 0.5) is 5.69 Å². The number of rotatable bonds is 10.